The molecule has 98 valence electrons. The highest BCUT2D eigenvalue weighted by molar-refractivity contribution is 5.70. The van der Waals surface area contributed by atoms with E-state index in [4.69, 9.17) is 0 Å². The van der Waals surface area contributed by atoms with Crippen LogP contribution in [0.25, 0.3) is 0 Å². The Morgan fingerprint density at radius 2 is 2.00 bits per heavy atom. The second-order valence-corrected chi connectivity index (χ2v) is 5.91. The number of carboxylic acids is 1. The van der Waals surface area contributed by atoms with E-state index in [9.17, 15) is 9.90 Å². The minimum atomic E-state index is -0.612. The molecule has 2 unspecified atom stereocenters. The molecule has 17 heavy (non-hydrogen) atoms. The third kappa shape index (κ3) is 2.49. The van der Waals surface area contributed by atoms with Crippen molar-refractivity contribution in [3.63, 3.8) is 0 Å². The van der Waals surface area contributed by atoms with Crippen LogP contribution in [-0.4, -0.2) is 24.2 Å². The number of carbonyl (C=O) groups is 1. The van der Waals surface area contributed by atoms with Gasteiger partial charge in [0.1, 0.15) is 0 Å². The third-order valence-corrected chi connectivity index (χ3v) is 5.10. The molecule has 1 aliphatic heterocycles. The fourth-order valence-corrected chi connectivity index (χ4v) is 3.95. The number of piperidine rings is 1. The number of rotatable bonds is 3. The molecule has 2 rings (SSSR count). The van der Waals surface area contributed by atoms with E-state index in [1.807, 2.05) is 6.92 Å². The van der Waals surface area contributed by atoms with Crippen LogP contribution in [0.2, 0.25) is 0 Å². The zero-order valence-corrected chi connectivity index (χ0v) is 10.9. The van der Waals surface area contributed by atoms with E-state index in [2.05, 4.69) is 5.32 Å². The molecule has 2 fully saturated rings. The lowest BCUT2D eigenvalue weighted by Gasteiger charge is -2.48. The van der Waals surface area contributed by atoms with Crippen molar-refractivity contribution in [2.45, 2.75) is 51.9 Å². The average Bonchev–Trinajstić information content (AvgIpc) is 2.39. The normalized spacial score (nSPS) is 33.2. The number of aliphatic carboxylic acids is 1. The lowest BCUT2D eigenvalue weighted by atomic mass is 9.59. The van der Waals surface area contributed by atoms with E-state index < -0.39 is 5.97 Å². The fourth-order valence-electron chi connectivity index (χ4n) is 3.95. The monoisotopic (exact) mass is 239 g/mol. The van der Waals surface area contributed by atoms with E-state index in [1.165, 1.54) is 32.1 Å². The molecule has 0 aromatic rings. The van der Waals surface area contributed by atoms with Gasteiger partial charge in [-0.15, -0.1) is 0 Å². The second kappa shape index (κ2) is 5.38. The van der Waals surface area contributed by atoms with Gasteiger partial charge in [0.2, 0.25) is 0 Å². The van der Waals surface area contributed by atoms with Gasteiger partial charge in [0, 0.05) is 6.54 Å². The zero-order chi connectivity index (χ0) is 12.3. The van der Waals surface area contributed by atoms with Crippen molar-refractivity contribution in [3.8, 4) is 0 Å². The lowest BCUT2D eigenvalue weighted by molar-refractivity contribution is -0.149. The number of carboxylic acid groups (broad SMARTS) is 1. The van der Waals surface area contributed by atoms with E-state index >= 15 is 0 Å². The predicted octanol–water partition coefficient (Wildman–Crippen LogP) is 2.66. The van der Waals surface area contributed by atoms with Gasteiger partial charge < -0.3 is 10.4 Å². The SMILES string of the molecule is CC(C(=O)O)C1(C2CCCCC2)CCCNC1. The largest absolute Gasteiger partial charge is 0.481 e. The number of hydrogen-bond acceptors (Lipinski definition) is 2. The highest BCUT2D eigenvalue weighted by Crippen LogP contribution is 2.47. The predicted molar refractivity (Wildman–Crippen MR) is 67.9 cm³/mol. The summed E-state index contributed by atoms with van der Waals surface area (Å²) in [6, 6.07) is 0. The van der Waals surface area contributed by atoms with Gasteiger partial charge >= 0.3 is 5.97 Å². The molecule has 2 atom stereocenters. The quantitative estimate of drug-likeness (QED) is 0.796. The Labute approximate surface area is 104 Å². The van der Waals surface area contributed by atoms with Crippen molar-refractivity contribution < 1.29 is 9.90 Å². The van der Waals surface area contributed by atoms with Gasteiger partial charge in [-0.05, 0) is 43.6 Å². The maximum absolute atomic E-state index is 11.4. The summed E-state index contributed by atoms with van der Waals surface area (Å²) in [5.41, 5.74) is 0.0184. The molecule has 3 heteroatoms. The highest BCUT2D eigenvalue weighted by atomic mass is 16.4. The zero-order valence-electron chi connectivity index (χ0n) is 10.9. The van der Waals surface area contributed by atoms with Gasteiger partial charge in [-0.3, -0.25) is 4.79 Å². The molecule has 3 nitrogen and oxygen atoms in total. The fraction of sp³-hybridized carbons (Fsp3) is 0.929. The average molecular weight is 239 g/mol. The standard InChI is InChI=1S/C14H25NO2/c1-11(13(16)17)14(8-5-9-15-10-14)12-6-3-2-4-7-12/h11-12,15H,2-10H2,1H3,(H,16,17). The molecule has 0 radical (unpaired) electrons. The van der Waals surface area contributed by atoms with Crippen LogP contribution in [0.1, 0.15) is 51.9 Å². The van der Waals surface area contributed by atoms with E-state index in [0.717, 1.165) is 25.9 Å². The Hall–Kier alpha value is -0.570. The van der Waals surface area contributed by atoms with Crippen molar-refractivity contribution in [2.24, 2.45) is 17.3 Å². The van der Waals surface area contributed by atoms with Crippen molar-refractivity contribution in [1.82, 2.24) is 5.32 Å². The Kier molecular flexibility index (Phi) is 4.08. The first kappa shape index (κ1) is 12.9. The smallest absolute Gasteiger partial charge is 0.306 e. The molecule has 0 spiro atoms. The van der Waals surface area contributed by atoms with Crippen molar-refractivity contribution in [1.29, 1.82) is 0 Å². The Balaban J connectivity index is 2.18. The van der Waals surface area contributed by atoms with Crippen molar-refractivity contribution in [3.05, 3.63) is 0 Å². The maximum Gasteiger partial charge on any atom is 0.306 e. The molecule has 1 aliphatic carbocycles. The van der Waals surface area contributed by atoms with Crippen LogP contribution in [0, 0.1) is 17.3 Å². The summed E-state index contributed by atoms with van der Waals surface area (Å²) in [6.45, 7) is 3.88. The third-order valence-electron chi connectivity index (χ3n) is 5.10. The van der Waals surface area contributed by atoms with Crippen LogP contribution >= 0.6 is 0 Å². The van der Waals surface area contributed by atoms with Crippen molar-refractivity contribution in [2.75, 3.05) is 13.1 Å². The van der Waals surface area contributed by atoms with Gasteiger partial charge in [-0.25, -0.2) is 0 Å². The molecule has 1 saturated carbocycles. The first-order valence-electron chi connectivity index (χ1n) is 7.10. The maximum atomic E-state index is 11.4. The van der Waals surface area contributed by atoms with Gasteiger partial charge in [-0.1, -0.05) is 26.2 Å². The van der Waals surface area contributed by atoms with Crippen LogP contribution in [0.15, 0.2) is 0 Å². The van der Waals surface area contributed by atoms with Crippen LogP contribution < -0.4 is 5.32 Å². The van der Waals surface area contributed by atoms with E-state index in [1.54, 1.807) is 0 Å². The number of nitrogens with one attached hydrogen (secondary N) is 1. The molecule has 1 heterocycles. The highest BCUT2D eigenvalue weighted by Gasteiger charge is 2.46. The molecular weight excluding hydrogens is 214 g/mol. The minimum absolute atomic E-state index is 0.0184. The van der Waals surface area contributed by atoms with Crippen LogP contribution in [-0.2, 0) is 4.79 Å². The first-order chi connectivity index (χ1) is 8.17. The molecule has 2 N–H and O–H groups in total. The first-order valence-corrected chi connectivity index (χ1v) is 7.10. The Bertz CT molecular complexity index is 265. The summed E-state index contributed by atoms with van der Waals surface area (Å²) in [6.07, 6.45) is 8.61. The molecule has 0 aromatic carbocycles. The van der Waals surface area contributed by atoms with Gasteiger partial charge in [0.15, 0.2) is 0 Å². The molecule has 0 bridgehead atoms. The van der Waals surface area contributed by atoms with Crippen molar-refractivity contribution >= 4 is 5.97 Å². The molecule has 0 aromatic heterocycles. The molecule has 2 aliphatic rings. The summed E-state index contributed by atoms with van der Waals surface area (Å²) < 4.78 is 0. The van der Waals surface area contributed by atoms with E-state index in [-0.39, 0.29) is 11.3 Å². The number of hydrogen-bond donors (Lipinski definition) is 2. The summed E-state index contributed by atoms with van der Waals surface area (Å²) in [4.78, 5) is 11.4. The van der Waals surface area contributed by atoms with Gasteiger partial charge in [0.05, 0.1) is 5.92 Å². The summed E-state index contributed by atoms with van der Waals surface area (Å²) in [5, 5.41) is 12.8. The second-order valence-electron chi connectivity index (χ2n) is 5.91. The summed E-state index contributed by atoms with van der Waals surface area (Å²) in [7, 11) is 0. The van der Waals surface area contributed by atoms with Gasteiger partial charge in [0.25, 0.3) is 0 Å². The Morgan fingerprint density at radius 1 is 1.29 bits per heavy atom. The van der Waals surface area contributed by atoms with Gasteiger partial charge in [-0.2, -0.15) is 0 Å². The van der Waals surface area contributed by atoms with Crippen LogP contribution in [0.5, 0.6) is 0 Å². The summed E-state index contributed by atoms with van der Waals surface area (Å²) >= 11 is 0. The van der Waals surface area contributed by atoms with Crippen LogP contribution in [0.3, 0.4) is 0 Å². The Morgan fingerprint density at radius 3 is 2.53 bits per heavy atom. The molecule has 0 amide bonds. The lowest BCUT2D eigenvalue weighted by Crippen LogP contribution is -2.51. The molecule has 1 saturated heterocycles. The van der Waals surface area contributed by atoms with Crippen LogP contribution in [0.4, 0.5) is 0 Å². The molecular formula is C14H25NO2. The summed E-state index contributed by atoms with van der Waals surface area (Å²) in [5.74, 6) is -0.201. The van der Waals surface area contributed by atoms with E-state index in [0.29, 0.717) is 5.92 Å². The topological polar surface area (TPSA) is 49.3 Å². The minimum Gasteiger partial charge on any atom is -0.481 e.